The van der Waals surface area contributed by atoms with E-state index in [-0.39, 0.29) is 5.41 Å². The highest BCUT2D eigenvalue weighted by atomic mass is 16.5. The van der Waals surface area contributed by atoms with Crippen LogP contribution < -0.4 is 5.32 Å². The van der Waals surface area contributed by atoms with Gasteiger partial charge >= 0.3 is 0 Å². The van der Waals surface area contributed by atoms with Gasteiger partial charge in [-0.2, -0.15) is 0 Å². The second-order valence-electron chi connectivity index (χ2n) is 7.20. The van der Waals surface area contributed by atoms with Crippen LogP contribution in [-0.2, 0) is 4.74 Å². The standard InChI is InChI=1S/C16H31N3O/c1-5-17-15(18-10-16(4)11-20-12-16)19-7-6-14(9-19)8-13(2)3/h13-14H,5-12H2,1-4H3,(H,17,18). The van der Waals surface area contributed by atoms with Gasteiger partial charge in [-0.05, 0) is 31.6 Å². The first-order chi connectivity index (χ1) is 9.52. The summed E-state index contributed by atoms with van der Waals surface area (Å²) in [7, 11) is 0. The normalized spacial score (nSPS) is 25.9. The number of hydrogen-bond acceptors (Lipinski definition) is 2. The molecule has 2 rings (SSSR count). The van der Waals surface area contributed by atoms with Crippen molar-refractivity contribution in [3.63, 3.8) is 0 Å². The quantitative estimate of drug-likeness (QED) is 0.621. The first kappa shape index (κ1) is 15.6. The van der Waals surface area contributed by atoms with Gasteiger partial charge in [0, 0.05) is 25.0 Å². The molecule has 0 aromatic carbocycles. The van der Waals surface area contributed by atoms with Crippen LogP contribution in [0.3, 0.4) is 0 Å². The SMILES string of the molecule is CCNC(=NCC1(C)COC1)N1CCC(CC(C)C)C1. The topological polar surface area (TPSA) is 36.9 Å². The Balaban J connectivity index is 1.89. The minimum absolute atomic E-state index is 0.262. The summed E-state index contributed by atoms with van der Waals surface area (Å²) >= 11 is 0. The lowest BCUT2D eigenvalue weighted by molar-refractivity contribution is -0.0945. The molecule has 0 spiro atoms. The van der Waals surface area contributed by atoms with Gasteiger partial charge in [-0.3, -0.25) is 4.99 Å². The monoisotopic (exact) mass is 281 g/mol. The molecule has 2 aliphatic rings. The number of likely N-dealkylation sites (tertiary alicyclic amines) is 1. The Kier molecular flexibility index (Phi) is 5.30. The zero-order valence-electron chi connectivity index (χ0n) is 13.6. The molecule has 2 fully saturated rings. The average molecular weight is 281 g/mol. The number of ether oxygens (including phenoxy) is 1. The summed E-state index contributed by atoms with van der Waals surface area (Å²) in [6, 6.07) is 0. The van der Waals surface area contributed by atoms with Crippen molar-refractivity contribution in [1.29, 1.82) is 0 Å². The summed E-state index contributed by atoms with van der Waals surface area (Å²) in [5, 5.41) is 3.45. The fraction of sp³-hybridized carbons (Fsp3) is 0.938. The third kappa shape index (κ3) is 4.11. The van der Waals surface area contributed by atoms with Crippen molar-refractivity contribution in [1.82, 2.24) is 10.2 Å². The Morgan fingerprint density at radius 1 is 1.45 bits per heavy atom. The van der Waals surface area contributed by atoms with Gasteiger partial charge in [-0.25, -0.2) is 0 Å². The van der Waals surface area contributed by atoms with Crippen molar-refractivity contribution in [2.24, 2.45) is 22.2 Å². The Labute approximate surface area is 124 Å². The molecule has 4 heteroatoms. The fourth-order valence-corrected chi connectivity index (χ4v) is 3.12. The lowest BCUT2D eigenvalue weighted by Crippen LogP contribution is -2.45. The highest BCUT2D eigenvalue weighted by Gasteiger charge is 2.33. The van der Waals surface area contributed by atoms with Crippen LogP contribution in [-0.4, -0.2) is 50.3 Å². The van der Waals surface area contributed by atoms with Gasteiger partial charge in [0.1, 0.15) is 0 Å². The molecule has 116 valence electrons. The average Bonchev–Trinajstić information content (AvgIpc) is 2.79. The summed E-state index contributed by atoms with van der Waals surface area (Å²) in [6.45, 7) is 14.9. The first-order valence-corrected chi connectivity index (χ1v) is 8.13. The van der Waals surface area contributed by atoms with E-state index >= 15 is 0 Å². The zero-order valence-corrected chi connectivity index (χ0v) is 13.6. The van der Waals surface area contributed by atoms with Crippen LogP contribution in [0.25, 0.3) is 0 Å². The molecule has 0 aromatic heterocycles. The molecular weight excluding hydrogens is 250 g/mol. The largest absolute Gasteiger partial charge is 0.380 e. The maximum Gasteiger partial charge on any atom is 0.193 e. The second kappa shape index (κ2) is 6.79. The van der Waals surface area contributed by atoms with Crippen LogP contribution in [0, 0.1) is 17.3 Å². The van der Waals surface area contributed by atoms with Crippen LogP contribution in [0.1, 0.15) is 40.5 Å². The van der Waals surface area contributed by atoms with E-state index in [2.05, 4.69) is 37.9 Å². The Morgan fingerprint density at radius 3 is 2.75 bits per heavy atom. The molecule has 2 aliphatic heterocycles. The predicted molar refractivity (Wildman–Crippen MR) is 84.0 cm³/mol. The third-order valence-corrected chi connectivity index (χ3v) is 4.24. The third-order valence-electron chi connectivity index (χ3n) is 4.24. The first-order valence-electron chi connectivity index (χ1n) is 8.13. The van der Waals surface area contributed by atoms with E-state index in [9.17, 15) is 0 Å². The smallest absolute Gasteiger partial charge is 0.193 e. The second-order valence-corrected chi connectivity index (χ2v) is 7.20. The van der Waals surface area contributed by atoms with E-state index in [0.29, 0.717) is 0 Å². The van der Waals surface area contributed by atoms with Crippen molar-refractivity contribution in [2.45, 2.75) is 40.5 Å². The van der Waals surface area contributed by atoms with Crippen LogP contribution in [0.15, 0.2) is 4.99 Å². The number of aliphatic imine (C=N–C) groups is 1. The van der Waals surface area contributed by atoms with Crippen LogP contribution >= 0.6 is 0 Å². The van der Waals surface area contributed by atoms with Crippen LogP contribution in [0.2, 0.25) is 0 Å². The molecule has 20 heavy (non-hydrogen) atoms. The molecule has 1 N–H and O–H groups in total. The van der Waals surface area contributed by atoms with E-state index in [0.717, 1.165) is 57.2 Å². The fourth-order valence-electron chi connectivity index (χ4n) is 3.12. The molecule has 1 atom stereocenters. The molecule has 0 bridgehead atoms. The minimum Gasteiger partial charge on any atom is -0.380 e. The summed E-state index contributed by atoms with van der Waals surface area (Å²) in [6.07, 6.45) is 2.64. The summed E-state index contributed by atoms with van der Waals surface area (Å²) in [4.78, 5) is 7.30. The van der Waals surface area contributed by atoms with Crippen molar-refractivity contribution in [3.8, 4) is 0 Å². The molecule has 0 aliphatic carbocycles. The highest BCUT2D eigenvalue weighted by Crippen LogP contribution is 2.27. The van der Waals surface area contributed by atoms with Gasteiger partial charge in [0.05, 0.1) is 19.8 Å². The zero-order chi connectivity index (χ0) is 14.6. The summed E-state index contributed by atoms with van der Waals surface area (Å²) < 4.78 is 5.31. The number of hydrogen-bond donors (Lipinski definition) is 1. The van der Waals surface area contributed by atoms with Gasteiger partial charge in [0.2, 0.25) is 0 Å². The van der Waals surface area contributed by atoms with Gasteiger partial charge in [-0.1, -0.05) is 20.8 Å². The maximum absolute atomic E-state index is 5.31. The Hall–Kier alpha value is -0.770. The van der Waals surface area contributed by atoms with E-state index < -0.39 is 0 Å². The van der Waals surface area contributed by atoms with E-state index in [1.807, 2.05) is 0 Å². The van der Waals surface area contributed by atoms with Gasteiger partial charge in [0.25, 0.3) is 0 Å². The summed E-state index contributed by atoms with van der Waals surface area (Å²) in [5.74, 6) is 2.74. The highest BCUT2D eigenvalue weighted by molar-refractivity contribution is 5.80. The molecule has 1 unspecified atom stereocenters. The van der Waals surface area contributed by atoms with Gasteiger partial charge in [-0.15, -0.1) is 0 Å². The predicted octanol–water partition coefficient (Wildman–Crippen LogP) is 2.36. The van der Waals surface area contributed by atoms with Crippen LogP contribution in [0.4, 0.5) is 0 Å². The van der Waals surface area contributed by atoms with E-state index in [1.165, 1.54) is 12.8 Å². The van der Waals surface area contributed by atoms with E-state index in [1.54, 1.807) is 0 Å². The molecule has 0 radical (unpaired) electrons. The lowest BCUT2D eigenvalue weighted by atomic mass is 9.89. The maximum atomic E-state index is 5.31. The molecule has 2 heterocycles. The number of rotatable bonds is 5. The summed E-state index contributed by atoms with van der Waals surface area (Å²) in [5.41, 5.74) is 0.262. The number of guanidine groups is 1. The molecular formula is C16H31N3O. The van der Waals surface area contributed by atoms with Gasteiger partial charge < -0.3 is 15.0 Å². The van der Waals surface area contributed by atoms with Gasteiger partial charge in [0.15, 0.2) is 5.96 Å². The molecule has 0 amide bonds. The Bertz CT molecular complexity index is 337. The van der Waals surface area contributed by atoms with Crippen molar-refractivity contribution in [2.75, 3.05) is 39.4 Å². The van der Waals surface area contributed by atoms with Crippen molar-refractivity contribution in [3.05, 3.63) is 0 Å². The Morgan fingerprint density at radius 2 is 2.20 bits per heavy atom. The van der Waals surface area contributed by atoms with E-state index in [4.69, 9.17) is 9.73 Å². The molecule has 2 saturated heterocycles. The van der Waals surface area contributed by atoms with Crippen LogP contribution in [0.5, 0.6) is 0 Å². The molecule has 4 nitrogen and oxygen atoms in total. The van der Waals surface area contributed by atoms with Crippen molar-refractivity contribution >= 4 is 5.96 Å². The molecule has 0 aromatic rings. The lowest BCUT2D eigenvalue weighted by Gasteiger charge is -2.37. The minimum atomic E-state index is 0.262. The number of nitrogens with zero attached hydrogens (tertiary/aromatic N) is 2. The molecule has 0 saturated carbocycles. The van der Waals surface area contributed by atoms with Crippen molar-refractivity contribution < 1.29 is 4.74 Å². The number of nitrogens with one attached hydrogen (secondary N) is 1.